The van der Waals surface area contributed by atoms with Crippen LogP contribution in [0, 0.1) is 0 Å². The van der Waals surface area contributed by atoms with Crippen LogP contribution in [0.5, 0.6) is 0 Å². The minimum Gasteiger partial charge on any atom is -0.340 e. The Morgan fingerprint density at radius 2 is 1.67 bits per heavy atom. The summed E-state index contributed by atoms with van der Waals surface area (Å²) >= 11 is 0. The van der Waals surface area contributed by atoms with E-state index in [9.17, 15) is 0 Å². The lowest BCUT2D eigenvalue weighted by molar-refractivity contribution is 0.387. The van der Waals surface area contributed by atoms with Crippen molar-refractivity contribution in [2.24, 2.45) is 0 Å². The summed E-state index contributed by atoms with van der Waals surface area (Å²) in [5, 5.41) is 0. The molecule has 0 aromatic carbocycles. The van der Waals surface area contributed by atoms with Crippen molar-refractivity contribution in [2.45, 2.75) is 52.6 Å². The van der Waals surface area contributed by atoms with E-state index in [1.165, 1.54) is 0 Å². The second-order valence-electron chi connectivity index (χ2n) is 6.00. The van der Waals surface area contributed by atoms with E-state index in [1.54, 1.807) is 0 Å². The van der Waals surface area contributed by atoms with Gasteiger partial charge in [0.25, 0.3) is 0 Å². The summed E-state index contributed by atoms with van der Waals surface area (Å²) in [7, 11) is 2.09. The minimum atomic E-state index is 0.0747. The molecular weight excluding hydrogens is 186 g/mol. The molecule has 1 aromatic rings. The average molecular weight is 209 g/mol. The van der Waals surface area contributed by atoms with Gasteiger partial charge in [-0.25, -0.2) is 4.98 Å². The number of hydrogen-bond acceptors (Lipinski definition) is 2. The number of nitrogens with zero attached hydrogens (tertiary/aromatic N) is 3. The molecule has 0 amide bonds. The van der Waals surface area contributed by atoms with Crippen LogP contribution in [0.25, 0.3) is 0 Å². The van der Waals surface area contributed by atoms with Crippen LogP contribution in [-0.2, 0) is 5.54 Å². The molecule has 0 bridgehead atoms. The van der Waals surface area contributed by atoms with Crippen molar-refractivity contribution in [2.75, 3.05) is 11.9 Å². The van der Waals surface area contributed by atoms with E-state index in [0.29, 0.717) is 0 Å². The van der Waals surface area contributed by atoms with E-state index in [-0.39, 0.29) is 11.1 Å². The van der Waals surface area contributed by atoms with Crippen LogP contribution in [0.15, 0.2) is 12.4 Å². The predicted octanol–water partition coefficient (Wildman–Crippen LogP) is 2.87. The highest BCUT2D eigenvalue weighted by molar-refractivity contribution is 5.34. The summed E-state index contributed by atoms with van der Waals surface area (Å²) in [6.07, 6.45) is 3.90. The van der Waals surface area contributed by atoms with Crippen molar-refractivity contribution in [1.82, 2.24) is 9.55 Å². The topological polar surface area (TPSA) is 21.1 Å². The zero-order valence-electron chi connectivity index (χ0n) is 11.0. The fourth-order valence-electron chi connectivity index (χ4n) is 1.37. The fourth-order valence-corrected chi connectivity index (χ4v) is 1.37. The molecule has 0 N–H and O–H groups in total. The summed E-state index contributed by atoms with van der Waals surface area (Å²) in [6, 6.07) is 0. The fraction of sp³-hybridized carbons (Fsp3) is 0.750. The standard InChI is InChI=1S/C12H23N3/c1-11(2,3)14(7)10-13-8-9-15(10)12(4,5)6/h8-9H,1-7H3. The second-order valence-corrected chi connectivity index (χ2v) is 6.00. The Hall–Kier alpha value is -0.990. The molecule has 0 fully saturated rings. The van der Waals surface area contributed by atoms with Gasteiger partial charge in [0.15, 0.2) is 0 Å². The molecule has 1 aromatic heterocycles. The van der Waals surface area contributed by atoms with Gasteiger partial charge in [0, 0.05) is 30.5 Å². The molecule has 0 atom stereocenters. The van der Waals surface area contributed by atoms with E-state index < -0.39 is 0 Å². The van der Waals surface area contributed by atoms with Crippen molar-refractivity contribution in [3.05, 3.63) is 12.4 Å². The lowest BCUT2D eigenvalue weighted by Crippen LogP contribution is -2.41. The van der Waals surface area contributed by atoms with Crippen LogP contribution >= 0.6 is 0 Å². The maximum absolute atomic E-state index is 4.44. The first-order valence-electron chi connectivity index (χ1n) is 5.41. The van der Waals surface area contributed by atoms with Gasteiger partial charge in [0.2, 0.25) is 5.95 Å². The molecule has 1 rings (SSSR count). The summed E-state index contributed by atoms with van der Waals surface area (Å²) in [5.41, 5.74) is 0.166. The van der Waals surface area contributed by atoms with Gasteiger partial charge in [-0.3, -0.25) is 0 Å². The van der Waals surface area contributed by atoms with Gasteiger partial charge in [0.1, 0.15) is 0 Å². The molecule has 0 spiro atoms. The van der Waals surface area contributed by atoms with Crippen molar-refractivity contribution in [3.8, 4) is 0 Å². The maximum atomic E-state index is 4.44. The van der Waals surface area contributed by atoms with Gasteiger partial charge in [0.05, 0.1) is 0 Å². The molecule has 0 aliphatic heterocycles. The first-order valence-corrected chi connectivity index (χ1v) is 5.41. The van der Waals surface area contributed by atoms with Crippen LogP contribution in [0.3, 0.4) is 0 Å². The van der Waals surface area contributed by atoms with E-state index in [4.69, 9.17) is 0 Å². The first kappa shape index (κ1) is 12.1. The molecule has 1 heterocycles. The van der Waals surface area contributed by atoms with Crippen LogP contribution in [0.1, 0.15) is 41.5 Å². The third kappa shape index (κ3) is 2.52. The van der Waals surface area contributed by atoms with Crippen LogP contribution in [0.2, 0.25) is 0 Å². The quantitative estimate of drug-likeness (QED) is 0.709. The Kier molecular flexibility index (Phi) is 2.85. The van der Waals surface area contributed by atoms with Gasteiger partial charge in [-0.15, -0.1) is 0 Å². The smallest absolute Gasteiger partial charge is 0.206 e. The molecule has 0 saturated heterocycles. The van der Waals surface area contributed by atoms with Gasteiger partial charge >= 0.3 is 0 Å². The lowest BCUT2D eigenvalue weighted by atomic mass is 10.1. The monoisotopic (exact) mass is 209 g/mol. The molecule has 0 saturated carbocycles. The average Bonchev–Trinajstić information content (AvgIpc) is 2.47. The highest BCUT2D eigenvalue weighted by Gasteiger charge is 2.25. The normalized spacial score (nSPS) is 13.0. The Balaban J connectivity index is 3.12. The molecule has 0 unspecified atom stereocenters. The predicted molar refractivity (Wildman–Crippen MR) is 65.4 cm³/mol. The summed E-state index contributed by atoms with van der Waals surface area (Å²) in [5.74, 6) is 1.02. The Labute approximate surface area is 93.1 Å². The number of rotatable bonds is 1. The third-order valence-electron chi connectivity index (χ3n) is 2.65. The molecule has 0 aliphatic carbocycles. The number of imidazole rings is 1. The van der Waals surface area contributed by atoms with Crippen molar-refractivity contribution in [3.63, 3.8) is 0 Å². The molecular formula is C12H23N3. The van der Waals surface area contributed by atoms with Crippen molar-refractivity contribution in [1.29, 1.82) is 0 Å². The van der Waals surface area contributed by atoms with E-state index in [1.807, 2.05) is 12.4 Å². The number of hydrogen-bond donors (Lipinski definition) is 0. The van der Waals surface area contributed by atoms with Crippen molar-refractivity contribution >= 4 is 5.95 Å². The molecule has 15 heavy (non-hydrogen) atoms. The van der Waals surface area contributed by atoms with Crippen molar-refractivity contribution < 1.29 is 0 Å². The van der Waals surface area contributed by atoms with Crippen LogP contribution < -0.4 is 4.90 Å². The lowest BCUT2D eigenvalue weighted by Gasteiger charge is -2.36. The second kappa shape index (κ2) is 3.54. The summed E-state index contributed by atoms with van der Waals surface area (Å²) < 4.78 is 2.21. The van der Waals surface area contributed by atoms with E-state index in [0.717, 1.165) is 5.95 Å². The van der Waals surface area contributed by atoms with Crippen LogP contribution in [-0.4, -0.2) is 22.1 Å². The SMILES string of the molecule is CN(c1nccn1C(C)(C)C)C(C)(C)C. The maximum Gasteiger partial charge on any atom is 0.206 e. The molecule has 86 valence electrons. The zero-order chi connectivity index (χ0) is 11.9. The van der Waals surface area contributed by atoms with E-state index in [2.05, 4.69) is 63.0 Å². The highest BCUT2D eigenvalue weighted by atomic mass is 15.3. The number of aromatic nitrogens is 2. The Morgan fingerprint density at radius 1 is 1.13 bits per heavy atom. The molecule has 3 nitrogen and oxygen atoms in total. The molecule has 3 heteroatoms. The molecule has 0 aliphatic rings. The minimum absolute atomic E-state index is 0.0747. The molecule has 0 radical (unpaired) electrons. The zero-order valence-corrected chi connectivity index (χ0v) is 11.0. The van der Waals surface area contributed by atoms with Gasteiger partial charge in [-0.2, -0.15) is 0 Å². The first-order chi connectivity index (χ1) is 6.64. The van der Waals surface area contributed by atoms with Gasteiger partial charge in [-0.1, -0.05) is 0 Å². The Bertz CT molecular complexity index is 325. The number of anilines is 1. The van der Waals surface area contributed by atoms with Crippen LogP contribution in [0.4, 0.5) is 5.95 Å². The van der Waals surface area contributed by atoms with E-state index >= 15 is 0 Å². The Morgan fingerprint density at radius 3 is 2.07 bits per heavy atom. The van der Waals surface area contributed by atoms with Gasteiger partial charge in [-0.05, 0) is 41.5 Å². The largest absolute Gasteiger partial charge is 0.340 e. The van der Waals surface area contributed by atoms with Gasteiger partial charge < -0.3 is 9.47 Å². The third-order valence-corrected chi connectivity index (χ3v) is 2.65. The summed E-state index contributed by atoms with van der Waals surface area (Å²) in [4.78, 5) is 6.64. The highest BCUT2D eigenvalue weighted by Crippen LogP contribution is 2.25. The summed E-state index contributed by atoms with van der Waals surface area (Å²) in [6.45, 7) is 13.1.